The molecule has 1 N–H and O–H groups in total. The number of halogens is 3. The highest BCUT2D eigenvalue weighted by Crippen LogP contribution is 2.29. The van der Waals surface area contributed by atoms with Gasteiger partial charge in [-0.15, -0.1) is 0 Å². The molecule has 0 fully saturated rings. The van der Waals surface area contributed by atoms with Crippen LogP contribution >= 0.6 is 34.8 Å². The van der Waals surface area contributed by atoms with Crippen LogP contribution in [0.4, 0.5) is 5.69 Å². The third-order valence-electron chi connectivity index (χ3n) is 5.67. The molecule has 4 rings (SSSR count). The Morgan fingerprint density at radius 2 is 1.57 bits per heavy atom. The SMILES string of the molecule is Cc1ccc(S(=O)(=O)N(CC(=O)N/N=C\c2ccc(OCc3ccccc3Cl)cc2)c2cc(Cl)cc(Cl)c2)cc1. The molecule has 4 aromatic carbocycles. The molecule has 7 nitrogen and oxygen atoms in total. The van der Waals surface area contributed by atoms with Crippen LogP contribution < -0.4 is 14.5 Å². The number of benzene rings is 4. The Kier molecular flexibility index (Phi) is 9.71. The summed E-state index contributed by atoms with van der Waals surface area (Å²) in [6.45, 7) is 1.61. The minimum absolute atomic E-state index is 0.0161. The number of nitrogens with zero attached hydrogens (tertiary/aromatic N) is 2. The first-order valence-corrected chi connectivity index (χ1v) is 14.5. The van der Waals surface area contributed by atoms with E-state index in [-0.39, 0.29) is 20.6 Å². The summed E-state index contributed by atoms with van der Waals surface area (Å²) in [7, 11) is -4.13. The Balaban J connectivity index is 1.43. The van der Waals surface area contributed by atoms with E-state index in [0.717, 1.165) is 15.4 Å². The highest BCUT2D eigenvalue weighted by atomic mass is 35.5. The van der Waals surface area contributed by atoms with Gasteiger partial charge in [0.05, 0.1) is 16.8 Å². The maximum Gasteiger partial charge on any atom is 0.264 e. The largest absolute Gasteiger partial charge is 0.489 e. The van der Waals surface area contributed by atoms with Crippen LogP contribution in [-0.2, 0) is 21.4 Å². The third kappa shape index (κ3) is 7.76. The van der Waals surface area contributed by atoms with Crippen LogP contribution in [0, 0.1) is 6.92 Å². The van der Waals surface area contributed by atoms with Gasteiger partial charge in [-0.1, -0.05) is 70.7 Å². The first-order chi connectivity index (χ1) is 19.1. The zero-order valence-corrected chi connectivity index (χ0v) is 24.3. The lowest BCUT2D eigenvalue weighted by Gasteiger charge is -2.24. The third-order valence-corrected chi connectivity index (χ3v) is 8.26. The summed E-state index contributed by atoms with van der Waals surface area (Å²) < 4.78 is 33.7. The number of ether oxygens (including phenoxy) is 1. The Morgan fingerprint density at radius 1 is 0.925 bits per heavy atom. The zero-order chi connectivity index (χ0) is 28.7. The van der Waals surface area contributed by atoms with Gasteiger partial charge in [-0.2, -0.15) is 5.10 Å². The van der Waals surface area contributed by atoms with Crippen LogP contribution in [0.5, 0.6) is 5.75 Å². The van der Waals surface area contributed by atoms with E-state index in [9.17, 15) is 13.2 Å². The van der Waals surface area contributed by atoms with Gasteiger partial charge in [0.2, 0.25) is 0 Å². The summed E-state index contributed by atoms with van der Waals surface area (Å²) in [5.74, 6) is -0.0269. The zero-order valence-electron chi connectivity index (χ0n) is 21.2. The number of nitrogens with one attached hydrogen (secondary N) is 1. The number of amides is 1. The fourth-order valence-electron chi connectivity index (χ4n) is 3.61. The number of carbonyl (C=O) groups is 1. The van der Waals surface area contributed by atoms with Crippen LogP contribution in [0.15, 0.2) is 101 Å². The molecule has 0 saturated heterocycles. The van der Waals surface area contributed by atoms with Gasteiger partial charge in [0.25, 0.3) is 15.9 Å². The molecule has 11 heteroatoms. The average Bonchev–Trinajstić information content (AvgIpc) is 2.91. The molecule has 0 radical (unpaired) electrons. The number of hydrogen-bond donors (Lipinski definition) is 1. The molecule has 40 heavy (non-hydrogen) atoms. The van der Waals surface area contributed by atoms with E-state index in [2.05, 4.69) is 10.5 Å². The van der Waals surface area contributed by atoms with Crippen LogP contribution in [0.3, 0.4) is 0 Å². The van der Waals surface area contributed by atoms with Gasteiger partial charge in [0, 0.05) is 20.6 Å². The van der Waals surface area contributed by atoms with E-state index < -0.39 is 22.5 Å². The lowest BCUT2D eigenvalue weighted by atomic mass is 10.2. The van der Waals surface area contributed by atoms with E-state index in [1.807, 2.05) is 25.1 Å². The van der Waals surface area contributed by atoms with Crippen molar-refractivity contribution in [3.8, 4) is 5.75 Å². The van der Waals surface area contributed by atoms with E-state index in [1.54, 1.807) is 42.5 Å². The average molecular weight is 617 g/mol. The number of hydrazone groups is 1. The normalized spacial score (nSPS) is 11.4. The van der Waals surface area contributed by atoms with Crippen molar-refractivity contribution in [3.05, 3.63) is 123 Å². The fraction of sp³-hybridized carbons (Fsp3) is 0.103. The van der Waals surface area contributed by atoms with Crippen molar-refractivity contribution in [1.29, 1.82) is 0 Å². The van der Waals surface area contributed by atoms with Gasteiger partial charge in [0.1, 0.15) is 18.9 Å². The molecule has 0 heterocycles. The van der Waals surface area contributed by atoms with Crippen molar-refractivity contribution in [2.75, 3.05) is 10.8 Å². The monoisotopic (exact) mass is 615 g/mol. The predicted molar refractivity (Wildman–Crippen MR) is 160 cm³/mol. The predicted octanol–water partition coefficient (Wildman–Crippen LogP) is 6.88. The van der Waals surface area contributed by atoms with Gasteiger partial charge < -0.3 is 4.74 Å². The lowest BCUT2D eigenvalue weighted by molar-refractivity contribution is -0.119. The standard InChI is InChI=1S/C29H24Cl3N3O4S/c1-20-6-12-27(13-7-20)40(37,38)35(25-15-23(30)14-24(31)16-25)18-29(36)34-33-17-21-8-10-26(11-9-21)39-19-22-4-2-3-5-28(22)32/h2-17H,18-19H2,1H3,(H,34,36)/b33-17-. The number of rotatable bonds is 10. The summed E-state index contributed by atoms with van der Waals surface area (Å²) >= 11 is 18.4. The molecule has 0 saturated carbocycles. The van der Waals surface area contributed by atoms with E-state index in [1.165, 1.54) is 36.5 Å². The van der Waals surface area contributed by atoms with Crippen molar-refractivity contribution in [3.63, 3.8) is 0 Å². The van der Waals surface area contributed by atoms with Crippen molar-refractivity contribution < 1.29 is 17.9 Å². The lowest BCUT2D eigenvalue weighted by Crippen LogP contribution is -2.39. The van der Waals surface area contributed by atoms with Gasteiger partial charge >= 0.3 is 0 Å². The Bertz CT molecular complexity index is 1610. The number of carbonyl (C=O) groups excluding carboxylic acids is 1. The van der Waals surface area contributed by atoms with Gasteiger partial charge in [-0.05, 0) is 73.2 Å². The molecule has 0 aliphatic heterocycles. The van der Waals surface area contributed by atoms with Crippen LogP contribution in [0.25, 0.3) is 0 Å². The molecule has 0 aliphatic carbocycles. The Hall–Kier alpha value is -3.56. The smallest absolute Gasteiger partial charge is 0.264 e. The minimum Gasteiger partial charge on any atom is -0.489 e. The van der Waals surface area contributed by atoms with E-state index >= 15 is 0 Å². The summed E-state index contributed by atoms with van der Waals surface area (Å²) in [6.07, 6.45) is 1.44. The summed E-state index contributed by atoms with van der Waals surface area (Å²) in [5.41, 5.74) is 4.97. The van der Waals surface area contributed by atoms with E-state index in [0.29, 0.717) is 22.9 Å². The fourth-order valence-corrected chi connectivity index (χ4v) is 5.72. The highest BCUT2D eigenvalue weighted by Gasteiger charge is 2.27. The molecule has 0 unspecified atom stereocenters. The number of sulfonamides is 1. The first-order valence-electron chi connectivity index (χ1n) is 12.0. The van der Waals surface area contributed by atoms with Crippen LogP contribution in [0.2, 0.25) is 15.1 Å². The van der Waals surface area contributed by atoms with E-state index in [4.69, 9.17) is 39.5 Å². The number of anilines is 1. The minimum atomic E-state index is -4.13. The van der Waals surface area contributed by atoms with Crippen molar-refractivity contribution >= 4 is 62.6 Å². The molecule has 0 bridgehead atoms. The van der Waals surface area contributed by atoms with Gasteiger partial charge in [-0.3, -0.25) is 9.10 Å². The molecule has 0 atom stereocenters. The van der Waals surface area contributed by atoms with Crippen molar-refractivity contribution in [2.45, 2.75) is 18.4 Å². The number of aryl methyl sites for hydroxylation is 1. The van der Waals surface area contributed by atoms with Gasteiger partial charge in [-0.25, -0.2) is 13.8 Å². The van der Waals surface area contributed by atoms with Crippen molar-refractivity contribution in [2.24, 2.45) is 5.10 Å². The molecular formula is C29H24Cl3N3O4S. The van der Waals surface area contributed by atoms with Crippen molar-refractivity contribution in [1.82, 2.24) is 5.43 Å². The van der Waals surface area contributed by atoms with Crippen LogP contribution in [-0.4, -0.2) is 27.1 Å². The van der Waals surface area contributed by atoms with Gasteiger partial charge in [0.15, 0.2) is 0 Å². The summed E-state index contributed by atoms with van der Waals surface area (Å²) in [4.78, 5) is 12.8. The molecule has 0 spiro atoms. The molecule has 1 amide bonds. The Labute approximate surface area is 248 Å². The summed E-state index contributed by atoms with van der Waals surface area (Å²) in [6, 6.07) is 25.1. The highest BCUT2D eigenvalue weighted by molar-refractivity contribution is 7.92. The summed E-state index contributed by atoms with van der Waals surface area (Å²) in [5, 5.41) is 5.05. The second kappa shape index (κ2) is 13.2. The molecule has 0 aliphatic rings. The maximum absolute atomic E-state index is 13.5. The quantitative estimate of drug-likeness (QED) is 0.155. The second-order valence-electron chi connectivity index (χ2n) is 8.69. The topological polar surface area (TPSA) is 88.1 Å². The molecule has 4 aromatic rings. The second-order valence-corrected chi connectivity index (χ2v) is 11.8. The van der Waals surface area contributed by atoms with Crippen LogP contribution in [0.1, 0.15) is 16.7 Å². The number of hydrogen-bond acceptors (Lipinski definition) is 5. The molecule has 206 valence electrons. The molecular weight excluding hydrogens is 593 g/mol. The maximum atomic E-state index is 13.5. The Morgan fingerprint density at radius 3 is 2.23 bits per heavy atom. The first kappa shape index (κ1) is 29.4. The molecule has 0 aromatic heterocycles.